The number of alkyl halides is 6. The lowest BCUT2D eigenvalue weighted by atomic mass is 9.70. The van der Waals surface area contributed by atoms with Crippen molar-refractivity contribution in [2.24, 2.45) is 0 Å². The molecule has 0 fully saturated rings. The van der Waals surface area contributed by atoms with E-state index in [0.29, 0.717) is 27.8 Å². The van der Waals surface area contributed by atoms with E-state index in [1.54, 1.807) is 12.1 Å². The average molecular weight is 865 g/mol. The van der Waals surface area contributed by atoms with Crippen LogP contribution in [0, 0.1) is 27.7 Å². The summed E-state index contributed by atoms with van der Waals surface area (Å²) in [6, 6.07) is 35.2. The van der Waals surface area contributed by atoms with Crippen molar-refractivity contribution < 1.29 is 26.3 Å². The summed E-state index contributed by atoms with van der Waals surface area (Å²) in [4.78, 5) is 0. The molecule has 2 aromatic heterocycles. The number of nitrogens with zero attached hydrogens (tertiary/aromatic N) is 2. The summed E-state index contributed by atoms with van der Waals surface area (Å²) in [5.41, 5.74) is 5.46. The third-order valence-electron chi connectivity index (χ3n) is 12.6. The SMILES string of the molecule is Cc1ccc2c(c1)c1cc(C)ccc1n2-c1c(-c2ccccc2C(F)(F)F)c(C(C)(C)C)c(-n2c3ccc(C)cc3c3cc(C)ccc32)c(C(C)(C)C)c1-c1ccccc1C(F)(F)F. The molecular formula is C56H50F6N2. The zero-order valence-corrected chi connectivity index (χ0v) is 37.7. The molecule has 326 valence electrons. The molecule has 64 heavy (non-hydrogen) atoms. The molecule has 0 atom stereocenters. The largest absolute Gasteiger partial charge is 0.417 e. The fourth-order valence-electron chi connectivity index (χ4n) is 10.0. The Morgan fingerprint density at radius 2 is 0.641 bits per heavy atom. The van der Waals surface area contributed by atoms with Gasteiger partial charge in [0, 0.05) is 32.7 Å². The van der Waals surface area contributed by atoms with Gasteiger partial charge in [-0.25, -0.2) is 0 Å². The summed E-state index contributed by atoms with van der Waals surface area (Å²) in [5.74, 6) is 0. The summed E-state index contributed by atoms with van der Waals surface area (Å²) >= 11 is 0. The van der Waals surface area contributed by atoms with Crippen LogP contribution in [0.4, 0.5) is 26.3 Å². The molecule has 0 unspecified atom stereocenters. The first-order valence-electron chi connectivity index (χ1n) is 21.6. The molecule has 9 rings (SSSR count). The van der Waals surface area contributed by atoms with Gasteiger partial charge in [0.1, 0.15) is 0 Å². The summed E-state index contributed by atoms with van der Waals surface area (Å²) in [5, 5.41) is 3.56. The summed E-state index contributed by atoms with van der Waals surface area (Å²) in [7, 11) is 0. The Kier molecular flexibility index (Phi) is 9.83. The Hall–Kier alpha value is -6.28. The van der Waals surface area contributed by atoms with Gasteiger partial charge in [-0.15, -0.1) is 0 Å². The maximum absolute atomic E-state index is 15.8. The van der Waals surface area contributed by atoms with Crippen molar-refractivity contribution in [2.45, 2.75) is 92.4 Å². The van der Waals surface area contributed by atoms with Crippen molar-refractivity contribution in [3.05, 3.63) is 166 Å². The molecule has 0 amide bonds. The third kappa shape index (κ3) is 6.88. The number of fused-ring (bicyclic) bond motifs is 6. The first-order valence-corrected chi connectivity index (χ1v) is 21.6. The van der Waals surface area contributed by atoms with Crippen LogP contribution in [0.15, 0.2) is 121 Å². The highest BCUT2D eigenvalue weighted by Crippen LogP contribution is 2.57. The lowest BCUT2D eigenvalue weighted by Crippen LogP contribution is -2.27. The van der Waals surface area contributed by atoms with Crippen molar-refractivity contribution in [3.63, 3.8) is 0 Å². The van der Waals surface area contributed by atoms with Crippen molar-refractivity contribution >= 4 is 43.6 Å². The highest BCUT2D eigenvalue weighted by Gasteiger charge is 2.43. The summed E-state index contributed by atoms with van der Waals surface area (Å²) < 4.78 is 99.2. The van der Waals surface area contributed by atoms with Crippen molar-refractivity contribution in [2.75, 3.05) is 0 Å². The minimum Gasteiger partial charge on any atom is -0.309 e. The predicted molar refractivity (Wildman–Crippen MR) is 252 cm³/mol. The molecule has 8 heteroatoms. The van der Waals surface area contributed by atoms with Gasteiger partial charge in [-0.05, 0) is 121 Å². The van der Waals surface area contributed by atoms with E-state index in [1.165, 1.54) is 24.3 Å². The molecule has 2 nitrogen and oxygen atoms in total. The van der Waals surface area contributed by atoms with E-state index in [1.807, 2.05) is 134 Å². The smallest absolute Gasteiger partial charge is 0.309 e. The molecule has 0 aliphatic heterocycles. The fraction of sp³-hybridized carbons (Fsp3) is 0.250. The first-order chi connectivity index (χ1) is 30.0. The van der Waals surface area contributed by atoms with Gasteiger partial charge in [0.25, 0.3) is 0 Å². The van der Waals surface area contributed by atoms with Gasteiger partial charge in [-0.2, -0.15) is 26.3 Å². The highest BCUT2D eigenvalue weighted by molar-refractivity contribution is 6.13. The Bertz CT molecular complexity index is 3140. The number of aromatic nitrogens is 2. The van der Waals surface area contributed by atoms with Crippen LogP contribution in [0.3, 0.4) is 0 Å². The molecule has 7 aromatic carbocycles. The minimum absolute atomic E-state index is 0.121. The van der Waals surface area contributed by atoms with Gasteiger partial charge >= 0.3 is 12.4 Å². The maximum Gasteiger partial charge on any atom is 0.417 e. The molecule has 9 aromatic rings. The van der Waals surface area contributed by atoms with Crippen molar-refractivity contribution in [1.82, 2.24) is 9.13 Å². The van der Waals surface area contributed by atoms with Crippen LogP contribution in [-0.2, 0) is 23.2 Å². The van der Waals surface area contributed by atoms with Crippen molar-refractivity contribution in [1.29, 1.82) is 0 Å². The average Bonchev–Trinajstić information content (AvgIpc) is 3.68. The van der Waals surface area contributed by atoms with Gasteiger partial charge in [-0.3, -0.25) is 0 Å². The molecule has 0 spiro atoms. The molecule has 2 heterocycles. The minimum atomic E-state index is -4.83. The van der Waals surface area contributed by atoms with Crippen LogP contribution in [0.1, 0.15) is 86.1 Å². The number of hydrogen-bond acceptors (Lipinski definition) is 0. The van der Waals surface area contributed by atoms with E-state index in [9.17, 15) is 0 Å². The highest BCUT2D eigenvalue weighted by atomic mass is 19.4. The number of hydrogen-bond donors (Lipinski definition) is 0. The Morgan fingerprint density at radius 3 is 0.922 bits per heavy atom. The molecule has 0 bridgehead atoms. The second kappa shape index (κ2) is 14.6. The van der Waals surface area contributed by atoms with Crippen LogP contribution in [0.5, 0.6) is 0 Å². The number of benzene rings is 7. The van der Waals surface area contributed by atoms with E-state index in [2.05, 4.69) is 16.7 Å². The van der Waals surface area contributed by atoms with Crippen LogP contribution in [0.25, 0.3) is 77.2 Å². The Balaban J connectivity index is 1.73. The van der Waals surface area contributed by atoms with Crippen LogP contribution in [-0.4, -0.2) is 9.13 Å². The van der Waals surface area contributed by atoms with Gasteiger partial charge in [-0.1, -0.05) is 124 Å². The number of aryl methyl sites for hydroxylation is 4. The van der Waals surface area contributed by atoms with Gasteiger partial charge in [0.2, 0.25) is 0 Å². The fourth-order valence-corrected chi connectivity index (χ4v) is 10.0. The van der Waals surface area contributed by atoms with E-state index < -0.39 is 34.3 Å². The second-order valence-electron chi connectivity index (χ2n) is 19.5. The van der Waals surface area contributed by atoms with Gasteiger partial charge in [0.05, 0.1) is 44.6 Å². The molecule has 0 aliphatic rings. The predicted octanol–water partition coefficient (Wildman–Crippen LogP) is 17.1. The topological polar surface area (TPSA) is 9.86 Å². The van der Waals surface area contributed by atoms with Gasteiger partial charge < -0.3 is 9.13 Å². The Labute approximate surface area is 369 Å². The molecule has 0 saturated carbocycles. The number of halogens is 6. The molecule has 0 N–H and O–H groups in total. The number of rotatable bonds is 4. The van der Waals surface area contributed by atoms with E-state index >= 15 is 26.3 Å². The zero-order valence-electron chi connectivity index (χ0n) is 37.7. The molecule has 0 radical (unpaired) electrons. The Morgan fingerprint density at radius 1 is 0.359 bits per heavy atom. The third-order valence-corrected chi connectivity index (χ3v) is 12.6. The van der Waals surface area contributed by atoms with Crippen LogP contribution in [0.2, 0.25) is 0 Å². The standard InChI is InChI=1S/C56H50F6N2/c1-31-19-23-43-37(27-31)38-28-32(2)20-24-44(38)63(43)51-47(35-15-11-13-17-41(35)55(57,58)59)49(53(5,6)7)52(50(54(8,9)10)48(51)36-16-12-14-18-42(36)56(60,61)62)64-45-25-21-33(3)29-39(45)40-30-34(4)22-26-46(40)64/h11-30H,1-10H3. The van der Waals surface area contributed by atoms with E-state index in [4.69, 9.17) is 0 Å². The lowest BCUT2D eigenvalue weighted by molar-refractivity contribution is -0.137. The monoisotopic (exact) mass is 864 g/mol. The van der Waals surface area contributed by atoms with Crippen LogP contribution < -0.4 is 0 Å². The zero-order chi connectivity index (χ0) is 46.0. The first kappa shape index (κ1) is 43.0. The lowest BCUT2D eigenvalue weighted by Gasteiger charge is -2.38. The van der Waals surface area contributed by atoms with Crippen molar-refractivity contribution in [3.8, 4) is 33.6 Å². The maximum atomic E-state index is 15.8. The van der Waals surface area contributed by atoms with E-state index in [0.717, 1.165) is 67.0 Å². The van der Waals surface area contributed by atoms with Gasteiger partial charge in [0.15, 0.2) is 0 Å². The second-order valence-corrected chi connectivity index (χ2v) is 19.5. The normalized spacial score (nSPS) is 13.0. The quantitative estimate of drug-likeness (QED) is 0.156. The van der Waals surface area contributed by atoms with E-state index in [-0.39, 0.29) is 27.9 Å². The molecule has 0 aliphatic carbocycles. The molecule has 0 saturated heterocycles. The molecular weight excluding hydrogens is 815 g/mol. The van der Waals surface area contributed by atoms with Crippen LogP contribution >= 0.6 is 0 Å². The summed E-state index contributed by atoms with van der Waals surface area (Å²) in [6.07, 6.45) is -9.65. The summed E-state index contributed by atoms with van der Waals surface area (Å²) in [6.45, 7) is 19.9.